The summed E-state index contributed by atoms with van der Waals surface area (Å²) >= 11 is 0. The second kappa shape index (κ2) is 6.36. The van der Waals surface area contributed by atoms with Crippen LogP contribution in [0.1, 0.15) is 26.7 Å². The van der Waals surface area contributed by atoms with Crippen molar-refractivity contribution in [3.8, 4) is 0 Å². The molecule has 0 atom stereocenters. The smallest absolute Gasteiger partial charge is 0.234 e. The summed E-state index contributed by atoms with van der Waals surface area (Å²) in [6.45, 7) is 6.29. The van der Waals surface area contributed by atoms with E-state index in [0.29, 0.717) is 12.5 Å². The number of piperidine rings is 1. The Morgan fingerprint density at radius 3 is 2.26 bits per heavy atom. The van der Waals surface area contributed by atoms with Crippen molar-refractivity contribution in [2.45, 2.75) is 37.3 Å². The number of carbonyl (C=O) groups is 1. The molecule has 1 heterocycles. The zero-order chi connectivity index (χ0) is 14.7. The van der Waals surface area contributed by atoms with Crippen molar-refractivity contribution in [2.75, 3.05) is 26.2 Å². The van der Waals surface area contributed by atoms with Gasteiger partial charge in [-0.1, -0.05) is 0 Å². The Kier molecular flexibility index (Phi) is 5.57. The van der Waals surface area contributed by atoms with Crippen LogP contribution in [-0.4, -0.2) is 66.1 Å². The quantitative estimate of drug-likeness (QED) is 0.629. The van der Waals surface area contributed by atoms with Crippen LogP contribution < -0.4 is 11.1 Å². The van der Waals surface area contributed by atoms with Gasteiger partial charge < -0.3 is 11.1 Å². The average molecular weight is 257 g/mol. The topological polar surface area (TPSA) is 58.4 Å². The molecule has 3 N–H and O–H groups in total. The maximum Gasteiger partial charge on any atom is 0.234 e. The van der Waals surface area contributed by atoms with Crippen molar-refractivity contribution in [3.63, 3.8) is 0 Å². The minimum absolute atomic E-state index is 0.109. The lowest BCUT2D eigenvalue weighted by Crippen LogP contribution is -2.55. The van der Waals surface area contributed by atoms with Crippen LogP contribution in [0.3, 0.4) is 0 Å². The fourth-order valence-corrected chi connectivity index (χ4v) is 2.08. The molecule has 1 amide bonds. The largest absolute Gasteiger partial charge is 0.352 e. The maximum absolute atomic E-state index is 12.0. The van der Waals surface area contributed by atoms with E-state index in [4.69, 9.17) is 29.3 Å². The first kappa shape index (κ1) is 16.6. The average Bonchev–Trinajstić information content (AvgIpc) is 2.27. The van der Waals surface area contributed by atoms with Crippen LogP contribution in [0.4, 0.5) is 0 Å². The SMILES string of the molecule is [B]C([B])([B])C(C)(C)NC(=O)CN1CCC(CN)CC1. The van der Waals surface area contributed by atoms with Crippen LogP contribution in [0.15, 0.2) is 0 Å². The third kappa shape index (κ3) is 4.88. The first-order chi connectivity index (χ1) is 8.65. The van der Waals surface area contributed by atoms with Gasteiger partial charge in [-0.15, -0.1) is 5.11 Å². The Bertz CT molecular complexity index is 310. The Morgan fingerprint density at radius 2 is 1.84 bits per heavy atom. The third-order valence-corrected chi connectivity index (χ3v) is 3.94. The molecule has 1 saturated heterocycles. The first-order valence-electron chi connectivity index (χ1n) is 6.76. The third-order valence-electron chi connectivity index (χ3n) is 3.94. The molecule has 1 rings (SSSR count). The zero-order valence-corrected chi connectivity index (χ0v) is 12.0. The second-order valence-electron chi connectivity index (χ2n) is 6.06. The number of amides is 1. The zero-order valence-electron chi connectivity index (χ0n) is 12.0. The normalized spacial score (nSPS) is 19.3. The van der Waals surface area contributed by atoms with Gasteiger partial charge in [0.05, 0.1) is 30.1 Å². The van der Waals surface area contributed by atoms with Gasteiger partial charge in [-0.25, -0.2) is 0 Å². The monoisotopic (exact) mass is 257 g/mol. The highest BCUT2D eigenvalue weighted by molar-refractivity contribution is 6.60. The van der Waals surface area contributed by atoms with E-state index in [-0.39, 0.29) is 5.91 Å². The lowest BCUT2D eigenvalue weighted by atomic mass is 9.36. The number of nitrogens with two attached hydrogens (primary N) is 1. The molecule has 19 heavy (non-hydrogen) atoms. The fourth-order valence-electron chi connectivity index (χ4n) is 2.08. The highest BCUT2D eigenvalue weighted by Gasteiger charge is 2.33. The number of hydrogen-bond donors (Lipinski definition) is 2. The van der Waals surface area contributed by atoms with Crippen molar-refractivity contribution < 1.29 is 4.79 Å². The summed E-state index contributed by atoms with van der Waals surface area (Å²) in [5, 5.41) is 1.34. The summed E-state index contributed by atoms with van der Waals surface area (Å²) in [5.41, 5.74) is 4.78. The van der Waals surface area contributed by atoms with Gasteiger partial charge in [-0.05, 0) is 52.2 Å². The Balaban J connectivity index is 2.40. The minimum atomic E-state index is -1.45. The molecule has 0 aromatic rings. The molecule has 0 aromatic heterocycles. The molecule has 0 spiro atoms. The van der Waals surface area contributed by atoms with Crippen LogP contribution in [-0.2, 0) is 4.79 Å². The van der Waals surface area contributed by atoms with E-state index >= 15 is 0 Å². The number of rotatable bonds is 5. The van der Waals surface area contributed by atoms with Crippen LogP contribution in [0, 0.1) is 5.92 Å². The highest BCUT2D eigenvalue weighted by Crippen LogP contribution is 2.27. The van der Waals surface area contributed by atoms with Gasteiger partial charge in [0.15, 0.2) is 0 Å². The summed E-state index contributed by atoms with van der Waals surface area (Å²) < 4.78 is 0. The summed E-state index contributed by atoms with van der Waals surface area (Å²) in [6.07, 6.45) is 2.09. The van der Waals surface area contributed by atoms with Crippen LogP contribution in [0.25, 0.3) is 0 Å². The van der Waals surface area contributed by atoms with Crippen molar-refractivity contribution >= 4 is 29.4 Å². The summed E-state index contributed by atoms with van der Waals surface area (Å²) in [4.78, 5) is 14.1. The number of carbonyl (C=O) groups excluding carboxylic acids is 1. The maximum atomic E-state index is 12.0. The van der Waals surface area contributed by atoms with Gasteiger partial charge in [0.25, 0.3) is 0 Å². The van der Waals surface area contributed by atoms with Crippen LogP contribution in [0.5, 0.6) is 0 Å². The lowest BCUT2D eigenvalue weighted by molar-refractivity contribution is -0.124. The summed E-state index contributed by atoms with van der Waals surface area (Å²) in [7, 11) is 16.9. The molecular weight excluding hydrogens is 235 g/mol. The molecule has 7 heteroatoms. The number of nitrogens with zero attached hydrogens (tertiary/aromatic N) is 1. The highest BCUT2D eigenvalue weighted by atomic mass is 16.2. The predicted molar refractivity (Wildman–Crippen MR) is 80.4 cm³/mol. The van der Waals surface area contributed by atoms with Crippen LogP contribution in [0.2, 0.25) is 5.11 Å². The molecule has 1 fully saturated rings. The van der Waals surface area contributed by atoms with Crippen molar-refractivity contribution in [1.29, 1.82) is 0 Å². The van der Waals surface area contributed by atoms with Crippen LogP contribution >= 0.6 is 0 Å². The van der Waals surface area contributed by atoms with Crippen molar-refractivity contribution in [2.24, 2.45) is 11.7 Å². The summed E-state index contributed by atoms with van der Waals surface area (Å²) in [5.74, 6) is 0.474. The molecule has 0 aliphatic carbocycles. The van der Waals surface area contributed by atoms with E-state index in [1.54, 1.807) is 13.8 Å². The Labute approximate surface area is 120 Å². The Hall–Kier alpha value is -0.415. The van der Waals surface area contributed by atoms with E-state index in [9.17, 15) is 4.79 Å². The van der Waals surface area contributed by atoms with Gasteiger partial charge in [0.1, 0.15) is 0 Å². The second-order valence-corrected chi connectivity index (χ2v) is 6.06. The number of nitrogens with one attached hydrogen (secondary N) is 1. The fraction of sp³-hybridized carbons (Fsp3) is 0.917. The molecule has 0 aromatic carbocycles. The van der Waals surface area contributed by atoms with Gasteiger partial charge in [-0.3, -0.25) is 9.69 Å². The Morgan fingerprint density at radius 1 is 1.32 bits per heavy atom. The molecule has 0 bridgehead atoms. The standard InChI is InChI=1S/C12H22B3N3O/c1-11(2,12(13,14)15)17-10(19)8-18-5-3-9(7-16)4-6-18/h9H,3-8,16H2,1-2H3,(H,17,19). The van der Waals surface area contributed by atoms with E-state index in [2.05, 4.69) is 10.2 Å². The van der Waals surface area contributed by atoms with Gasteiger partial charge in [-0.2, -0.15) is 0 Å². The van der Waals surface area contributed by atoms with E-state index in [0.717, 1.165) is 32.5 Å². The summed E-state index contributed by atoms with van der Waals surface area (Å²) in [6, 6.07) is 0. The predicted octanol–water partition coefficient (Wildman–Crippen LogP) is -0.869. The van der Waals surface area contributed by atoms with Gasteiger partial charge in [0, 0.05) is 5.54 Å². The van der Waals surface area contributed by atoms with Gasteiger partial charge in [0.2, 0.25) is 5.91 Å². The molecule has 6 radical (unpaired) electrons. The minimum Gasteiger partial charge on any atom is -0.352 e. The van der Waals surface area contributed by atoms with Crippen molar-refractivity contribution in [1.82, 2.24) is 10.2 Å². The van der Waals surface area contributed by atoms with Gasteiger partial charge >= 0.3 is 0 Å². The molecule has 4 nitrogen and oxygen atoms in total. The lowest BCUT2D eigenvalue weighted by Gasteiger charge is -2.42. The number of hydrogen-bond acceptors (Lipinski definition) is 3. The molecule has 0 saturated carbocycles. The molecule has 1 aliphatic rings. The first-order valence-corrected chi connectivity index (χ1v) is 6.76. The molecular formula is C12H22B3N3O. The van der Waals surface area contributed by atoms with E-state index < -0.39 is 10.7 Å². The van der Waals surface area contributed by atoms with E-state index in [1.807, 2.05) is 0 Å². The molecule has 100 valence electrons. The molecule has 0 unspecified atom stereocenters. The van der Waals surface area contributed by atoms with Crippen molar-refractivity contribution in [3.05, 3.63) is 0 Å². The molecule has 1 aliphatic heterocycles. The number of likely N-dealkylation sites (tertiary alicyclic amines) is 1. The van der Waals surface area contributed by atoms with E-state index in [1.165, 1.54) is 0 Å².